The Morgan fingerprint density at radius 2 is 1.33 bits per heavy atom. The molecule has 0 radical (unpaired) electrons. The molecule has 9 rings (SSSR count). The summed E-state index contributed by atoms with van der Waals surface area (Å²) in [5, 5.41) is 13.4. The van der Waals surface area contributed by atoms with Gasteiger partial charge in [-0.1, -0.05) is 76.2 Å². The van der Waals surface area contributed by atoms with Crippen LogP contribution in [0.4, 0.5) is 0 Å². The first-order valence-corrected chi connectivity index (χ1v) is 25.2. The number of carboxylic acid groups (broad SMARTS) is 1. The first kappa shape index (κ1) is 44.1. The highest BCUT2D eigenvalue weighted by atomic mass is 16.5. The lowest BCUT2D eigenvalue weighted by Crippen LogP contribution is -2.69. The molecule has 8 aliphatic carbocycles. The highest BCUT2D eigenvalue weighted by Crippen LogP contribution is 2.79. The molecule has 9 aliphatic rings. The number of likely N-dealkylation sites (N-methyl/N-ethyl adjacent to an activating group) is 1. The number of aliphatic carboxylic acids is 1. The summed E-state index contributed by atoms with van der Waals surface area (Å²) in [5.74, 6) is 1.23. The number of nitrogens with zero attached hydrogens (tertiary/aromatic N) is 2. The second-order valence-electron chi connectivity index (χ2n) is 25.8. The van der Waals surface area contributed by atoms with E-state index in [0.29, 0.717) is 47.3 Å². The molecule has 9 nitrogen and oxygen atoms in total. The maximum absolute atomic E-state index is 15.3. The molecule has 0 aromatic carbocycles. The van der Waals surface area contributed by atoms with Gasteiger partial charge in [-0.3, -0.25) is 19.2 Å². The van der Waals surface area contributed by atoms with Gasteiger partial charge in [-0.15, -0.1) is 0 Å². The first-order valence-electron chi connectivity index (χ1n) is 25.2. The lowest BCUT2D eigenvalue weighted by atomic mass is 9.32. The molecule has 9 heteroatoms. The van der Waals surface area contributed by atoms with E-state index < -0.39 is 17.3 Å². The van der Waals surface area contributed by atoms with Gasteiger partial charge >= 0.3 is 11.9 Å². The summed E-state index contributed by atoms with van der Waals surface area (Å²) in [6, 6.07) is 0.0351. The number of esters is 1. The maximum Gasteiger partial charge on any atom is 0.309 e. The van der Waals surface area contributed by atoms with Gasteiger partial charge < -0.3 is 25.0 Å². The van der Waals surface area contributed by atoms with Gasteiger partial charge in [0.1, 0.15) is 6.10 Å². The van der Waals surface area contributed by atoms with Gasteiger partial charge in [-0.25, -0.2) is 0 Å². The van der Waals surface area contributed by atoms with Crippen molar-refractivity contribution in [3.8, 4) is 0 Å². The Morgan fingerprint density at radius 1 is 0.639 bits per heavy atom. The number of carbonyl (C=O) groups excluding carboxylic acids is 3. The molecule has 2 N–H and O–H groups in total. The molecule has 0 aromatic heterocycles. The highest BCUT2D eigenvalue weighted by Gasteiger charge is 2.74. The number of carbonyl (C=O) groups is 4. The third-order valence-corrected chi connectivity index (χ3v) is 22.9. The minimum Gasteiger partial charge on any atom is -0.481 e. The molecule has 2 amide bonds. The Hall–Kier alpha value is -2.16. The molecule has 14 atom stereocenters. The zero-order chi connectivity index (χ0) is 44.1. The average molecular weight is 846 g/mol. The van der Waals surface area contributed by atoms with Gasteiger partial charge in [0.15, 0.2) is 0 Å². The van der Waals surface area contributed by atoms with Crippen molar-refractivity contribution in [3.05, 3.63) is 0 Å². The lowest BCUT2D eigenvalue weighted by molar-refractivity contribution is -0.252. The second kappa shape index (κ2) is 14.2. The molecule has 8 saturated carbocycles. The summed E-state index contributed by atoms with van der Waals surface area (Å²) in [7, 11) is 0. The van der Waals surface area contributed by atoms with Crippen LogP contribution in [-0.4, -0.2) is 83.5 Å². The van der Waals surface area contributed by atoms with Crippen LogP contribution in [0.2, 0.25) is 0 Å². The van der Waals surface area contributed by atoms with Crippen molar-refractivity contribution >= 4 is 23.8 Å². The molecule has 1 saturated heterocycles. The van der Waals surface area contributed by atoms with E-state index in [0.717, 1.165) is 77.7 Å². The number of nitrogens with one attached hydrogen (secondary N) is 1. The van der Waals surface area contributed by atoms with Crippen LogP contribution in [0.1, 0.15) is 166 Å². The first-order chi connectivity index (χ1) is 28.4. The van der Waals surface area contributed by atoms with Crippen LogP contribution in [0.15, 0.2) is 0 Å². The summed E-state index contributed by atoms with van der Waals surface area (Å²) in [4.78, 5) is 59.2. The number of piperazine rings is 1. The molecule has 0 aromatic rings. The maximum atomic E-state index is 15.3. The fourth-order valence-corrected chi connectivity index (χ4v) is 17.9. The minimum atomic E-state index is -0.814. The second-order valence-corrected chi connectivity index (χ2v) is 25.8. The number of amides is 2. The summed E-state index contributed by atoms with van der Waals surface area (Å²) in [5.41, 5.74) is -0.561. The van der Waals surface area contributed by atoms with Crippen LogP contribution < -0.4 is 5.32 Å². The molecule has 9 fully saturated rings. The van der Waals surface area contributed by atoms with Crippen molar-refractivity contribution in [1.82, 2.24) is 15.1 Å². The van der Waals surface area contributed by atoms with Crippen LogP contribution in [0, 0.1) is 90.7 Å². The fraction of sp³-hybridized carbons (Fsp3) is 0.923. The van der Waals surface area contributed by atoms with Crippen molar-refractivity contribution in [2.75, 3.05) is 32.7 Å². The van der Waals surface area contributed by atoms with Crippen LogP contribution in [0.3, 0.4) is 0 Å². The van der Waals surface area contributed by atoms with Crippen LogP contribution in [0.25, 0.3) is 0 Å². The monoisotopic (exact) mass is 846 g/mol. The standard InChI is InChI=1S/C52H83N3O6/c1-12-54-25-27-55(28-26-54)41(56)33-30-38(46(33,4)5)53-44(60)52-20-15-31(48(8)21-22-48)40(52)32-13-14-37-49(9)18-17-39(61-43(59)35-29-34(42(57)58)45(35,2)3)47(6,7)36(49)16-19-51(37,11)50(32,10)23-24-52/h31-40H,12-30H2,1-11H3,(H,53,60)(H,57,58)/t31-,32-,33+,34+,35-,36+,37-,38+,39+,40-,49+,50-,51-,52+/m1/s1. The van der Waals surface area contributed by atoms with Crippen molar-refractivity contribution in [2.24, 2.45) is 90.7 Å². The van der Waals surface area contributed by atoms with Gasteiger partial charge in [0.05, 0.1) is 17.3 Å². The molecule has 0 bridgehead atoms. The predicted molar refractivity (Wildman–Crippen MR) is 237 cm³/mol. The molecule has 61 heavy (non-hydrogen) atoms. The molecular weight excluding hydrogens is 763 g/mol. The van der Waals surface area contributed by atoms with E-state index in [1.165, 1.54) is 38.5 Å². The molecule has 1 heterocycles. The van der Waals surface area contributed by atoms with Gasteiger partial charge in [0, 0.05) is 43.6 Å². The zero-order valence-corrected chi connectivity index (χ0v) is 40.1. The number of hydrogen-bond donors (Lipinski definition) is 2. The SMILES string of the molecule is CCN1CCN(C(=O)[C@@H]2C[C@H](NC(=O)[C@]34CC[C@@H](C5(C)CC5)[C@@H]3[C@H]3CC[C@@H]5[C@@]6(C)CC[C@H](OC(=O)[C@H]7C[C@@H](C(=O)O)C7(C)C)C(C)(C)[C@@H]6CC[C@@]5(C)[C@]3(C)CC4)C2(C)C)CC1. The molecule has 1 aliphatic heterocycles. The number of fused-ring (bicyclic) bond motifs is 7. The summed E-state index contributed by atoms with van der Waals surface area (Å²) in [6.45, 7) is 30.2. The van der Waals surface area contributed by atoms with Crippen molar-refractivity contribution in [3.63, 3.8) is 0 Å². The predicted octanol–water partition coefficient (Wildman–Crippen LogP) is 9.22. The Labute approximate surface area is 368 Å². The van der Waals surface area contributed by atoms with Crippen LogP contribution in [0.5, 0.6) is 0 Å². The Kier molecular flexibility index (Phi) is 10.2. The molecule has 342 valence electrons. The largest absolute Gasteiger partial charge is 0.481 e. The Morgan fingerprint density at radius 3 is 1.93 bits per heavy atom. The van der Waals surface area contributed by atoms with E-state index in [2.05, 4.69) is 77.4 Å². The summed E-state index contributed by atoms with van der Waals surface area (Å²) < 4.78 is 6.48. The number of hydrogen-bond acceptors (Lipinski definition) is 6. The van der Waals surface area contributed by atoms with E-state index in [1.807, 2.05) is 13.8 Å². The van der Waals surface area contributed by atoms with E-state index in [4.69, 9.17) is 4.74 Å². The highest BCUT2D eigenvalue weighted by molar-refractivity contribution is 5.86. The van der Waals surface area contributed by atoms with E-state index in [-0.39, 0.29) is 68.3 Å². The molecule has 0 unspecified atom stereocenters. The van der Waals surface area contributed by atoms with E-state index >= 15 is 4.79 Å². The smallest absolute Gasteiger partial charge is 0.309 e. The van der Waals surface area contributed by atoms with Crippen molar-refractivity contribution in [2.45, 2.75) is 178 Å². The van der Waals surface area contributed by atoms with E-state index in [9.17, 15) is 19.5 Å². The van der Waals surface area contributed by atoms with Gasteiger partial charge in [-0.2, -0.15) is 0 Å². The Bertz CT molecular complexity index is 1810. The minimum absolute atomic E-state index is 0.0316. The van der Waals surface area contributed by atoms with Crippen LogP contribution in [-0.2, 0) is 23.9 Å². The molecular formula is C52H83N3O6. The quantitative estimate of drug-likeness (QED) is 0.234. The third-order valence-electron chi connectivity index (χ3n) is 22.9. The molecule has 0 spiro atoms. The number of carboxylic acids is 1. The van der Waals surface area contributed by atoms with Crippen molar-refractivity contribution in [1.29, 1.82) is 0 Å². The summed E-state index contributed by atoms with van der Waals surface area (Å²) in [6.07, 6.45) is 14.4. The Balaban J connectivity index is 0.924. The third kappa shape index (κ3) is 6.11. The van der Waals surface area contributed by atoms with Gasteiger partial charge in [0.25, 0.3) is 0 Å². The topological polar surface area (TPSA) is 116 Å². The van der Waals surface area contributed by atoms with Gasteiger partial charge in [-0.05, 0) is 159 Å². The lowest BCUT2D eigenvalue weighted by Gasteiger charge is -2.73. The normalized spacial score (nSPS) is 47.5. The summed E-state index contributed by atoms with van der Waals surface area (Å²) >= 11 is 0. The van der Waals surface area contributed by atoms with Crippen LogP contribution >= 0.6 is 0 Å². The fourth-order valence-electron chi connectivity index (χ4n) is 17.9. The van der Waals surface area contributed by atoms with Gasteiger partial charge in [0.2, 0.25) is 11.8 Å². The average Bonchev–Trinajstić information content (AvgIpc) is 3.81. The van der Waals surface area contributed by atoms with E-state index in [1.54, 1.807) is 0 Å². The number of rotatable bonds is 8. The van der Waals surface area contributed by atoms with Crippen molar-refractivity contribution < 1.29 is 29.0 Å². The number of ether oxygens (including phenoxy) is 1. The zero-order valence-electron chi connectivity index (χ0n) is 40.1.